The molecule has 3 heterocycles. The Morgan fingerprint density at radius 2 is 1.83 bits per heavy atom. The zero-order chi connectivity index (χ0) is 17.0. The normalized spacial score (nSPS) is 20.8. The Morgan fingerprint density at radius 1 is 1.22 bits per heavy atom. The summed E-state index contributed by atoms with van der Waals surface area (Å²) in [4.78, 5) is 14.3. The van der Waals surface area contributed by atoms with Gasteiger partial charge in [-0.05, 0) is 54.4 Å². The van der Waals surface area contributed by atoms with Gasteiger partial charge in [0.2, 0.25) is 4.96 Å². The highest BCUT2D eigenvalue weighted by Crippen LogP contribution is 2.29. The number of nitrogens with zero attached hydrogens (tertiary/aromatic N) is 3. The molecule has 0 radical (unpaired) electrons. The average Bonchev–Trinajstić information content (AvgIpc) is 2.87. The molecule has 7 heteroatoms. The molecular formula is C16H25N5OS. The second kappa shape index (κ2) is 5.27. The van der Waals surface area contributed by atoms with Gasteiger partial charge in [0.1, 0.15) is 10.7 Å². The fourth-order valence-corrected chi connectivity index (χ4v) is 4.96. The van der Waals surface area contributed by atoms with E-state index in [0.717, 1.165) is 34.2 Å². The van der Waals surface area contributed by atoms with Gasteiger partial charge in [-0.1, -0.05) is 11.3 Å². The van der Waals surface area contributed by atoms with Crippen LogP contribution in [0.1, 0.15) is 61.7 Å². The van der Waals surface area contributed by atoms with E-state index in [1.165, 1.54) is 11.3 Å². The second-order valence-electron chi connectivity index (χ2n) is 7.85. The molecule has 3 rings (SSSR count). The van der Waals surface area contributed by atoms with E-state index in [1.54, 1.807) is 0 Å². The van der Waals surface area contributed by atoms with Crippen LogP contribution in [0.4, 0.5) is 0 Å². The summed E-state index contributed by atoms with van der Waals surface area (Å²) in [6.07, 6.45) is 1.84. The van der Waals surface area contributed by atoms with E-state index >= 15 is 0 Å². The molecule has 126 valence electrons. The molecular weight excluding hydrogens is 310 g/mol. The number of hydrogen-bond donors (Lipinski definition) is 2. The van der Waals surface area contributed by atoms with Crippen molar-refractivity contribution in [2.45, 2.75) is 71.5 Å². The van der Waals surface area contributed by atoms with Crippen molar-refractivity contribution in [3.05, 3.63) is 16.4 Å². The number of aryl methyl sites for hydroxylation is 2. The van der Waals surface area contributed by atoms with Crippen LogP contribution in [0.5, 0.6) is 0 Å². The third-order valence-electron chi connectivity index (χ3n) is 4.38. The summed E-state index contributed by atoms with van der Waals surface area (Å²) in [6.45, 7) is 12.6. The Bertz CT molecular complexity index is 742. The van der Waals surface area contributed by atoms with Crippen molar-refractivity contribution in [1.82, 2.24) is 25.2 Å². The van der Waals surface area contributed by atoms with Crippen molar-refractivity contribution < 1.29 is 4.79 Å². The highest BCUT2D eigenvalue weighted by Gasteiger charge is 2.38. The molecule has 6 nitrogen and oxygen atoms in total. The zero-order valence-electron chi connectivity index (χ0n) is 14.6. The fourth-order valence-electron chi connectivity index (χ4n) is 3.95. The van der Waals surface area contributed by atoms with Crippen LogP contribution in [0.3, 0.4) is 0 Å². The van der Waals surface area contributed by atoms with Gasteiger partial charge in [-0.3, -0.25) is 9.20 Å². The van der Waals surface area contributed by atoms with Crippen LogP contribution in [-0.4, -0.2) is 37.6 Å². The highest BCUT2D eigenvalue weighted by atomic mass is 32.1. The minimum absolute atomic E-state index is 0.00380. The summed E-state index contributed by atoms with van der Waals surface area (Å²) in [5.41, 5.74) is 0.941. The van der Waals surface area contributed by atoms with Crippen molar-refractivity contribution in [2.75, 3.05) is 0 Å². The molecule has 0 aromatic carbocycles. The summed E-state index contributed by atoms with van der Waals surface area (Å²) in [6, 6.07) is 0.168. The molecule has 23 heavy (non-hydrogen) atoms. The van der Waals surface area contributed by atoms with Crippen molar-refractivity contribution in [3.63, 3.8) is 0 Å². The van der Waals surface area contributed by atoms with Gasteiger partial charge in [-0.15, -0.1) is 10.2 Å². The topological polar surface area (TPSA) is 71.3 Å². The Kier molecular flexibility index (Phi) is 3.76. The van der Waals surface area contributed by atoms with Crippen LogP contribution in [0.15, 0.2) is 0 Å². The first kappa shape index (κ1) is 16.4. The van der Waals surface area contributed by atoms with Gasteiger partial charge < -0.3 is 10.6 Å². The van der Waals surface area contributed by atoms with Gasteiger partial charge in [-0.25, -0.2) is 0 Å². The lowest BCUT2D eigenvalue weighted by Gasteiger charge is -2.46. The maximum Gasteiger partial charge on any atom is 0.263 e. The van der Waals surface area contributed by atoms with Gasteiger partial charge in [0, 0.05) is 22.8 Å². The van der Waals surface area contributed by atoms with Crippen molar-refractivity contribution >= 4 is 22.2 Å². The van der Waals surface area contributed by atoms with E-state index in [2.05, 4.69) is 48.5 Å². The van der Waals surface area contributed by atoms with E-state index in [-0.39, 0.29) is 23.0 Å². The number of amides is 1. The standard InChI is InChI=1S/C16H25N5OS/c1-9-12(23-14-19-18-10(2)21(9)14)13(22)17-11-7-15(3,4)20-16(5,6)8-11/h11,20H,7-8H2,1-6H3,(H,17,22). The molecule has 2 N–H and O–H groups in total. The van der Waals surface area contributed by atoms with Gasteiger partial charge >= 0.3 is 0 Å². The molecule has 0 bridgehead atoms. The molecule has 0 spiro atoms. The van der Waals surface area contributed by atoms with Crippen molar-refractivity contribution in [3.8, 4) is 0 Å². The van der Waals surface area contributed by atoms with Crippen molar-refractivity contribution in [2.24, 2.45) is 0 Å². The molecule has 0 saturated carbocycles. The quantitative estimate of drug-likeness (QED) is 0.884. The predicted octanol–water partition coefficient (Wildman–Crippen LogP) is 2.45. The molecule has 0 unspecified atom stereocenters. The Hall–Kier alpha value is -1.47. The van der Waals surface area contributed by atoms with Crippen molar-refractivity contribution in [1.29, 1.82) is 0 Å². The van der Waals surface area contributed by atoms with Gasteiger partial charge in [0.15, 0.2) is 0 Å². The van der Waals surface area contributed by atoms with Crippen LogP contribution >= 0.6 is 11.3 Å². The summed E-state index contributed by atoms with van der Waals surface area (Å²) >= 11 is 1.40. The number of piperidine rings is 1. The predicted molar refractivity (Wildman–Crippen MR) is 92.1 cm³/mol. The summed E-state index contributed by atoms with van der Waals surface area (Å²) in [5.74, 6) is 0.813. The molecule has 1 fully saturated rings. The zero-order valence-corrected chi connectivity index (χ0v) is 15.5. The number of thiazole rings is 1. The molecule has 2 aromatic rings. The largest absolute Gasteiger partial charge is 0.348 e. The lowest BCUT2D eigenvalue weighted by Crippen LogP contribution is -2.62. The maximum atomic E-state index is 12.8. The minimum atomic E-state index is -0.00380. The molecule has 1 saturated heterocycles. The van der Waals surface area contributed by atoms with E-state index in [1.807, 2.05) is 18.2 Å². The Morgan fingerprint density at radius 3 is 2.39 bits per heavy atom. The average molecular weight is 335 g/mol. The number of hydrogen-bond acceptors (Lipinski definition) is 5. The first-order chi connectivity index (χ1) is 10.6. The summed E-state index contributed by atoms with van der Waals surface area (Å²) in [5, 5.41) is 15.0. The minimum Gasteiger partial charge on any atom is -0.348 e. The van der Waals surface area contributed by atoms with E-state index in [9.17, 15) is 4.79 Å². The van der Waals surface area contributed by atoms with Crippen LogP contribution in [0, 0.1) is 13.8 Å². The van der Waals surface area contributed by atoms with Gasteiger partial charge in [0.25, 0.3) is 5.91 Å². The number of carbonyl (C=O) groups excluding carboxylic acids is 1. The molecule has 0 aliphatic carbocycles. The number of fused-ring (bicyclic) bond motifs is 1. The highest BCUT2D eigenvalue weighted by molar-refractivity contribution is 7.19. The summed E-state index contributed by atoms with van der Waals surface area (Å²) in [7, 11) is 0. The van der Waals surface area contributed by atoms with E-state index in [0.29, 0.717) is 0 Å². The second-order valence-corrected chi connectivity index (χ2v) is 8.83. The third kappa shape index (κ3) is 3.12. The monoisotopic (exact) mass is 335 g/mol. The molecule has 2 aromatic heterocycles. The first-order valence-electron chi connectivity index (χ1n) is 7.99. The molecule has 0 atom stereocenters. The Labute approximate surface area is 140 Å². The SMILES string of the molecule is Cc1nnc2sc(C(=O)NC3CC(C)(C)NC(C)(C)C3)c(C)n12. The van der Waals surface area contributed by atoms with E-state index in [4.69, 9.17) is 0 Å². The van der Waals surface area contributed by atoms with Gasteiger partial charge in [0.05, 0.1) is 0 Å². The lowest BCUT2D eigenvalue weighted by molar-refractivity contribution is 0.0876. The summed E-state index contributed by atoms with van der Waals surface area (Å²) < 4.78 is 1.94. The number of nitrogens with one attached hydrogen (secondary N) is 2. The lowest BCUT2D eigenvalue weighted by atomic mass is 9.79. The molecule has 1 aliphatic rings. The fraction of sp³-hybridized carbons (Fsp3) is 0.688. The number of rotatable bonds is 2. The smallest absolute Gasteiger partial charge is 0.263 e. The maximum absolute atomic E-state index is 12.8. The molecule has 1 amide bonds. The number of aromatic nitrogens is 3. The van der Waals surface area contributed by atoms with Crippen LogP contribution < -0.4 is 10.6 Å². The van der Waals surface area contributed by atoms with E-state index < -0.39 is 0 Å². The van der Waals surface area contributed by atoms with Crippen LogP contribution in [-0.2, 0) is 0 Å². The molecule has 1 aliphatic heterocycles. The third-order valence-corrected chi connectivity index (χ3v) is 5.52. The van der Waals surface area contributed by atoms with Gasteiger partial charge in [-0.2, -0.15) is 0 Å². The Balaban J connectivity index is 1.82. The first-order valence-corrected chi connectivity index (χ1v) is 8.81. The van der Waals surface area contributed by atoms with Crippen LogP contribution in [0.2, 0.25) is 0 Å². The van der Waals surface area contributed by atoms with Crippen LogP contribution in [0.25, 0.3) is 4.96 Å². The number of carbonyl (C=O) groups is 1.